The van der Waals surface area contributed by atoms with Gasteiger partial charge in [-0.25, -0.2) is 9.78 Å². The number of carbonyl (C=O) groups is 1. The zero-order chi connectivity index (χ0) is 18.7. The van der Waals surface area contributed by atoms with E-state index in [0.717, 1.165) is 29.7 Å². The van der Waals surface area contributed by atoms with Gasteiger partial charge in [-0.1, -0.05) is 43.1 Å². The molecular weight excluding hydrogens is 350 g/mol. The van der Waals surface area contributed by atoms with E-state index < -0.39 is 5.97 Å². The minimum atomic E-state index is -0.990. The predicted octanol–water partition coefficient (Wildman–Crippen LogP) is 5.74. The van der Waals surface area contributed by atoms with Gasteiger partial charge in [-0.15, -0.1) is 0 Å². The predicted molar refractivity (Wildman–Crippen MR) is 104 cm³/mol. The highest BCUT2D eigenvalue weighted by Gasteiger charge is 2.15. The SMILES string of the molecule is CCCCOc1cccc(-c2cc(C(=O)O)c3ccc(Cl)c(C)c3n2)c1. The summed E-state index contributed by atoms with van der Waals surface area (Å²) >= 11 is 6.21. The van der Waals surface area contributed by atoms with Gasteiger partial charge in [0.15, 0.2) is 0 Å². The third-order valence-corrected chi connectivity index (χ3v) is 4.70. The molecule has 0 aliphatic rings. The Balaban J connectivity index is 2.12. The van der Waals surface area contributed by atoms with Crippen molar-refractivity contribution in [2.75, 3.05) is 6.61 Å². The molecule has 26 heavy (non-hydrogen) atoms. The lowest BCUT2D eigenvalue weighted by Gasteiger charge is -2.11. The van der Waals surface area contributed by atoms with Crippen LogP contribution in [0.15, 0.2) is 42.5 Å². The van der Waals surface area contributed by atoms with Gasteiger partial charge < -0.3 is 9.84 Å². The van der Waals surface area contributed by atoms with Gasteiger partial charge >= 0.3 is 5.97 Å². The van der Waals surface area contributed by atoms with Crippen molar-refractivity contribution in [2.24, 2.45) is 0 Å². The number of halogens is 1. The molecule has 0 atom stereocenters. The van der Waals surface area contributed by atoms with E-state index in [2.05, 4.69) is 11.9 Å². The summed E-state index contributed by atoms with van der Waals surface area (Å²) in [7, 11) is 0. The molecule has 0 spiro atoms. The molecular formula is C21H20ClNO3. The molecule has 1 heterocycles. The molecule has 134 valence electrons. The van der Waals surface area contributed by atoms with Crippen molar-refractivity contribution < 1.29 is 14.6 Å². The third kappa shape index (κ3) is 3.65. The van der Waals surface area contributed by atoms with Gasteiger partial charge in [0, 0.05) is 16.0 Å². The van der Waals surface area contributed by atoms with E-state index in [4.69, 9.17) is 16.3 Å². The van der Waals surface area contributed by atoms with Gasteiger partial charge in [-0.05, 0) is 43.2 Å². The lowest BCUT2D eigenvalue weighted by molar-refractivity contribution is 0.0699. The maximum Gasteiger partial charge on any atom is 0.336 e. The van der Waals surface area contributed by atoms with Crippen molar-refractivity contribution in [3.8, 4) is 17.0 Å². The number of aromatic nitrogens is 1. The zero-order valence-corrected chi connectivity index (χ0v) is 15.5. The Hall–Kier alpha value is -2.59. The highest BCUT2D eigenvalue weighted by Crippen LogP contribution is 2.31. The molecule has 0 fully saturated rings. The summed E-state index contributed by atoms with van der Waals surface area (Å²) in [4.78, 5) is 16.4. The molecule has 0 radical (unpaired) electrons. The Morgan fingerprint density at radius 3 is 2.77 bits per heavy atom. The maximum absolute atomic E-state index is 11.8. The number of pyridine rings is 1. The van der Waals surface area contributed by atoms with E-state index in [1.807, 2.05) is 31.2 Å². The van der Waals surface area contributed by atoms with E-state index in [9.17, 15) is 9.90 Å². The number of fused-ring (bicyclic) bond motifs is 1. The number of carboxylic acid groups (broad SMARTS) is 1. The molecule has 4 nitrogen and oxygen atoms in total. The number of carboxylic acids is 1. The molecule has 0 unspecified atom stereocenters. The highest BCUT2D eigenvalue weighted by molar-refractivity contribution is 6.32. The van der Waals surface area contributed by atoms with E-state index >= 15 is 0 Å². The number of rotatable bonds is 6. The molecule has 0 aliphatic heterocycles. The molecule has 1 N–H and O–H groups in total. The van der Waals surface area contributed by atoms with Crippen LogP contribution in [-0.4, -0.2) is 22.7 Å². The molecule has 1 aromatic heterocycles. The molecule has 3 rings (SSSR count). The van der Waals surface area contributed by atoms with Gasteiger partial charge in [-0.3, -0.25) is 0 Å². The number of ether oxygens (including phenoxy) is 1. The van der Waals surface area contributed by atoms with E-state index in [1.165, 1.54) is 0 Å². The first kappa shape index (κ1) is 18.2. The Kier molecular flexibility index (Phi) is 5.43. The van der Waals surface area contributed by atoms with Crippen LogP contribution in [-0.2, 0) is 0 Å². The van der Waals surface area contributed by atoms with Crippen LogP contribution in [0, 0.1) is 6.92 Å². The number of aromatic carboxylic acids is 1. The maximum atomic E-state index is 11.8. The van der Waals surface area contributed by atoms with Gasteiger partial charge in [0.25, 0.3) is 0 Å². The summed E-state index contributed by atoms with van der Waals surface area (Å²) in [6, 6.07) is 12.6. The monoisotopic (exact) mass is 369 g/mol. The van der Waals surface area contributed by atoms with Crippen LogP contribution in [0.25, 0.3) is 22.2 Å². The van der Waals surface area contributed by atoms with Crippen LogP contribution in [0.2, 0.25) is 5.02 Å². The quantitative estimate of drug-likeness (QED) is 0.563. The smallest absolute Gasteiger partial charge is 0.336 e. The average Bonchev–Trinajstić information content (AvgIpc) is 2.64. The number of hydrogen-bond acceptors (Lipinski definition) is 3. The van der Waals surface area contributed by atoms with Crippen LogP contribution in [0.1, 0.15) is 35.7 Å². The zero-order valence-electron chi connectivity index (χ0n) is 14.8. The normalized spacial score (nSPS) is 10.9. The van der Waals surface area contributed by atoms with Crippen LogP contribution in [0.5, 0.6) is 5.75 Å². The summed E-state index contributed by atoms with van der Waals surface area (Å²) in [5, 5.41) is 10.8. The van der Waals surface area contributed by atoms with Crippen molar-refractivity contribution in [3.05, 3.63) is 58.6 Å². The number of unbranched alkanes of at least 4 members (excludes halogenated alkanes) is 1. The molecule has 0 aliphatic carbocycles. The van der Waals surface area contributed by atoms with Gasteiger partial charge in [0.05, 0.1) is 23.4 Å². The fraction of sp³-hybridized carbons (Fsp3) is 0.238. The molecule has 2 aromatic carbocycles. The van der Waals surface area contributed by atoms with Crippen molar-refractivity contribution in [1.82, 2.24) is 4.98 Å². The second kappa shape index (κ2) is 7.75. The Bertz CT molecular complexity index is 969. The van der Waals surface area contributed by atoms with Crippen LogP contribution < -0.4 is 4.74 Å². The van der Waals surface area contributed by atoms with E-state index in [0.29, 0.717) is 28.2 Å². The number of hydrogen-bond donors (Lipinski definition) is 1. The van der Waals surface area contributed by atoms with Gasteiger partial charge in [0.1, 0.15) is 5.75 Å². The topological polar surface area (TPSA) is 59.4 Å². The Labute approximate surface area is 157 Å². The largest absolute Gasteiger partial charge is 0.494 e. The molecule has 0 saturated carbocycles. The summed E-state index contributed by atoms with van der Waals surface area (Å²) in [6.45, 7) is 4.61. The number of nitrogens with zero attached hydrogens (tertiary/aromatic N) is 1. The lowest BCUT2D eigenvalue weighted by atomic mass is 10.0. The van der Waals surface area contributed by atoms with E-state index in [-0.39, 0.29) is 5.56 Å². The molecule has 3 aromatic rings. The summed E-state index contributed by atoms with van der Waals surface area (Å²) in [5.41, 5.74) is 2.97. The highest BCUT2D eigenvalue weighted by atomic mass is 35.5. The van der Waals surface area contributed by atoms with Crippen LogP contribution in [0.3, 0.4) is 0 Å². The second-order valence-electron chi connectivity index (χ2n) is 6.16. The standard InChI is InChI=1S/C21H20ClNO3/c1-3-4-10-26-15-7-5-6-14(11-15)19-12-17(21(24)25)16-8-9-18(22)13(2)20(16)23-19/h5-9,11-12H,3-4,10H2,1-2H3,(H,24,25). The first-order valence-electron chi connectivity index (χ1n) is 8.57. The van der Waals surface area contributed by atoms with Gasteiger partial charge in [-0.2, -0.15) is 0 Å². The fourth-order valence-electron chi connectivity index (χ4n) is 2.81. The first-order valence-corrected chi connectivity index (χ1v) is 8.95. The fourth-order valence-corrected chi connectivity index (χ4v) is 2.96. The first-order chi connectivity index (χ1) is 12.5. The summed E-state index contributed by atoms with van der Waals surface area (Å²) < 4.78 is 5.75. The summed E-state index contributed by atoms with van der Waals surface area (Å²) in [5.74, 6) is -0.242. The minimum absolute atomic E-state index is 0.210. The van der Waals surface area contributed by atoms with Crippen LogP contribution >= 0.6 is 11.6 Å². The second-order valence-corrected chi connectivity index (χ2v) is 6.57. The molecule has 0 saturated heterocycles. The van der Waals surface area contributed by atoms with E-state index in [1.54, 1.807) is 18.2 Å². The van der Waals surface area contributed by atoms with Crippen LogP contribution in [0.4, 0.5) is 0 Å². The van der Waals surface area contributed by atoms with Crippen molar-refractivity contribution in [1.29, 1.82) is 0 Å². The Morgan fingerprint density at radius 1 is 1.23 bits per heavy atom. The molecule has 0 bridgehead atoms. The molecule has 5 heteroatoms. The third-order valence-electron chi connectivity index (χ3n) is 4.30. The molecule has 0 amide bonds. The average molecular weight is 370 g/mol. The van der Waals surface area contributed by atoms with Crippen molar-refractivity contribution in [3.63, 3.8) is 0 Å². The minimum Gasteiger partial charge on any atom is -0.494 e. The Morgan fingerprint density at radius 2 is 2.04 bits per heavy atom. The van der Waals surface area contributed by atoms with Gasteiger partial charge in [0.2, 0.25) is 0 Å². The summed E-state index contributed by atoms with van der Waals surface area (Å²) in [6.07, 6.45) is 2.05. The lowest BCUT2D eigenvalue weighted by Crippen LogP contribution is -2.02. The number of benzene rings is 2. The van der Waals surface area contributed by atoms with Crippen molar-refractivity contribution >= 4 is 28.5 Å². The number of aryl methyl sites for hydroxylation is 1. The van der Waals surface area contributed by atoms with Crippen molar-refractivity contribution in [2.45, 2.75) is 26.7 Å².